The first-order valence-corrected chi connectivity index (χ1v) is 8.83. The highest BCUT2D eigenvalue weighted by molar-refractivity contribution is 7.99. The van der Waals surface area contributed by atoms with Crippen LogP contribution in [0.25, 0.3) is 0 Å². The fourth-order valence-electron chi connectivity index (χ4n) is 2.67. The molecule has 3 nitrogen and oxygen atoms in total. The van der Waals surface area contributed by atoms with E-state index in [0.717, 1.165) is 35.6 Å². The number of nitrogens with one attached hydrogen (secondary N) is 1. The molecule has 1 fully saturated rings. The van der Waals surface area contributed by atoms with E-state index in [1.54, 1.807) is 23.1 Å². The summed E-state index contributed by atoms with van der Waals surface area (Å²) in [5, 5.41) is 13.1. The summed E-state index contributed by atoms with van der Waals surface area (Å²) in [7, 11) is 0. The van der Waals surface area contributed by atoms with Gasteiger partial charge in [0.25, 0.3) is 5.91 Å². The van der Waals surface area contributed by atoms with Crippen LogP contribution in [0.15, 0.2) is 6.07 Å². The first kappa shape index (κ1) is 13.5. The minimum Gasteiger partial charge on any atom is -0.387 e. The molecule has 1 amide bonds. The van der Waals surface area contributed by atoms with Gasteiger partial charge in [-0.25, -0.2) is 0 Å². The van der Waals surface area contributed by atoms with Gasteiger partial charge in [0.05, 0.1) is 10.5 Å². The molecule has 1 aromatic heterocycles. The van der Waals surface area contributed by atoms with Gasteiger partial charge in [-0.1, -0.05) is 0 Å². The number of thiophene rings is 1. The molecule has 3 rings (SSSR count). The van der Waals surface area contributed by atoms with Crippen molar-refractivity contribution < 1.29 is 9.90 Å². The number of amides is 1. The van der Waals surface area contributed by atoms with Gasteiger partial charge >= 0.3 is 0 Å². The van der Waals surface area contributed by atoms with Crippen LogP contribution in [0.2, 0.25) is 0 Å². The van der Waals surface area contributed by atoms with Crippen LogP contribution in [0, 0.1) is 0 Å². The van der Waals surface area contributed by atoms with Gasteiger partial charge in [0.1, 0.15) is 0 Å². The van der Waals surface area contributed by atoms with Crippen LogP contribution in [0.4, 0.5) is 0 Å². The molecule has 0 aromatic carbocycles. The molecule has 1 aliphatic heterocycles. The first-order chi connectivity index (χ1) is 9.16. The largest absolute Gasteiger partial charge is 0.387 e. The fourth-order valence-corrected chi connectivity index (χ4v) is 5.14. The Morgan fingerprint density at radius 2 is 2.26 bits per heavy atom. The predicted molar refractivity (Wildman–Crippen MR) is 80.2 cm³/mol. The lowest BCUT2D eigenvalue weighted by atomic mass is 9.99. The van der Waals surface area contributed by atoms with Crippen molar-refractivity contribution >= 4 is 29.0 Å². The Morgan fingerprint density at radius 1 is 1.42 bits per heavy atom. The highest BCUT2D eigenvalue weighted by atomic mass is 32.2. The Morgan fingerprint density at radius 3 is 3.00 bits per heavy atom. The van der Waals surface area contributed by atoms with Crippen molar-refractivity contribution in [2.45, 2.75) is 37.7 Å². The fraction of sp³-hybridized carbons (Fsp3) is 0.643. The van der Waals surface area contributed by atoms with Gasteiger partial charge in [0.2, 0.25) is 0 Å². The second-order valence-electron chi connectivity index (χ2n) is 5.48. The summed E-state index contributed by atoms with van der Waals surface area (Å²) in [6, 6.07) is 2.04. The molecule has 0 saturated carbocycles. The zero-order valence-corrected chi connectivity index (χ0v) is 12.5. The van der Waals surface area contributed by atoms with Crippen LogP contribution in [0.1, 0.15) is 39.4 Å². The van der Waals surface area contributed by atoms with Crippen molar-refractivity contribution in [1.82, 2.24) is 5.32 Å². The number of carbonyl (C=O) groups is 1. The van der Waals surface area contributed by atoms with Crippen LogP contribution < -0.4 is 5.32 Å². The smallest absolute Gasteiger partial charge is 0.261 e. The zero-order chi connectivity index (χ0) is 13.3. The molecule has 1 aliphatic carbocycles. The Bertz CT molecular complexity index is 454. The zero-order valence-electron chi connectivity index (χ0n) is 10.9. The van der Waals surface area contributed by atoms with Crippen molar-refractivity contribution in [2.75, 3.05) is 18.1 Å². The van der Waals surface area contributed by atoms with E-state index in [9.17, 15) is 9.90 Å². The average molecular weight is 297 g/mol. The molecular formula is C14H19NO2S2. The summed E-state index contributed by atoms with van der Waals surface area (Å²) in [5.41, 5.74) is 0.661. The lowest BCUT2D eigenvalue weighted by Crippen LogP contribution is -2.42. The number of thioether (sulfide) groups is 1. The van der Waals surface area contributed by atoms with Crippen LogP contribution in [-0.4, -0.2) is 34.7 Å². The van der Waals surface area contributed by atoms with Gasteiger partial charge < -0.3 is 10.4 Å². The molecule has 2 aliphatic rings. The first-order valence-electron chi connectivity index (χ1n) is 6.86. The molecule has 1 atom stereocenters. The highest BCUT2D eigenvalue weighted by Gasteiger charge is 2.32. The van der Waals surface area contributed by atoms with Crippen LogP contribution in [0.5, 0.6) is 0 Å². The predicted octanol–water partition coefficient (Wildman–Crippen LogP) is 2.22. The SMILES string of the molecule is O=C(NCC1(O)CCSC1)c1cc2c(s1)CCCC2. The second-order valence-corrected chi connectivity index (χ2v) is 7.72. The van der Waals surface area contributed by atoms with Gasteiger partial charge in [0.15, 0.2) is 0 Å². The van der Waals surface area contributed by atoms with Gasteiger partial charge in [-0.15, -0.1) is 11.3 Å². The normalized spacial score (nSPS) is 26.2. The monoisotopic (exact) mass is 297 g/mol. The maximum Gasteiger partial charge on any atom is 0.261 e. The topological polar surface area (TPSA) is 49.3 Å². The number of aryl methyl sites for hydroxylation is 2. The molecule has 1 aromatic rings. The summed E-state index contributed by atoms with van der Waals surface area (Å²) >= 11 is 3.38. The quantitative estimate of drug-likeness (QED) is 0.899. The van der Waals surface area contributed by atoms with Crippen LogP contribution >= 0.6 is 23.1 Å². The molecule has 2 heterocycles. The van der Waals surface area contributed by atoms with E-state index in [1.165, 1.54) is 23.3 Å². The number of rotatable bonds is 3. The molecule has 0 spiro atoms. The lowest BCUT2D eigenvalue weighted by Gasteiger charge is -2.21. The molecule has 0 radical (unpaired) electrons. The van der Waals surface area contributed by atoms with E-state index >= 15 is 0 Å². The van der Waals surface area contributed by atoms with E-state index in [-0.39, 0.29) is 5.91 Å². The van der Waals surface area contributed by atoms with Crippen molar-refractivity contribution in [1.29, 1.82) is 0 Å². The van der Waals surface area contributed by atoms with E-state index in [2.05, 4.69) is 5.32 Å². The van der Waals surface area contributed by atoms with E-state index in [0.29, 0.717) is 6.54 Å². The molecule has 0 bridgehead atoms. The molecule has 104 valence electrons. The van der Waals surface area contributed by atoms with Gasteiger partial charge in [-0.2, -0.15) is 11.8 Å². The third-order valence-corrected chi connectivity index (χ3v) is 6.35. The number of hydrogen-bond donors (Lipinski definition) is 2. The maximum absolute atomic E-state index is 12.1. The molecule has 2 N–H and O–H groups in total. The van der Waals surface area contributed by atoms with Crippen molar-refractivity contribution in [3.63, 3.8) is 0 Å². The summed E-state index contributed by atoms with van der Waals surface area (Å²) in [5.74, 6) is 1.69. The van der Waals surface area contributed by atoms with Crippen molar-refractivity contribution in [2.24, 2.45) is 0 Å². The van der Waals surface area contributed by atoms with Crippen LogP contribution in [0.3, 0.4) is 0 Å². The minimum atomic E-state index is -0.697. The van der Waals surface area contributed by atoms with Crippen LogP contribution in [-0.2, 0) is 12.8 Å². The Labute approximate surface area is 121 Å². The lowest BCUT2D eigenvalue weighted by molar-refractivity contribution is 0.0614. The summed E-state index contributed by atoms with van der Waals surface area (Å²) in [6.07, 6.45) is 5.49. The van der Waals surface area contributed by atoms with E-state index < -0.39 is 5.60 Å². The molecular weight excluding hydrogens is 278 g/mol. The molecule has 1 unspecified atom stereocenters. The third kappa shape index (κ3) is 2.98. The number of hydrogen-bond acceptors (Lipinski definition) is 4. The van der Waals surface area contributed by atoms with E-state index in [4.69, 9.17) is 0 Å². The van der Waals surface area contributed by atoms with Crippen molar-refractivity contribution in [3.8, 4) is 0 Å². The van der Waals surface area contributed by atoms with Gasteiger partial charge in [0, 0.05) is 17.2 Å². The van der Waals surface area contributed by atoms with Crippen molar-refractivity contribution in [3.05, 3.63) is 21.4 Å². The number of aliphatic hydroxyl groups is 1. The standard InChI is InChI=1S/C14H19NO2S2/c16-13(15-8-14(17)5-6-18-9-14)12-7-10-3-1-2-4-11(10)19-12/h7,17H,1-6,8-9H2,(H,15,16). The van der Waals surface area contributed by atoms with Gasteiger partial charge in [-0.3, -0.25) is 4.79 Å². The summed E-state index contributed by atoms with van der Waals surface area (Å²) in [6.45, 7) is 0.376. The van der Waals surface area contributed by atoms with Gasteiger partial charge in [-0.05, 0) is 49.5 Å². The summed E-state index contributed by atoms with van der Waals surface area (Å²) < 4.78 is 0. The number of carbonyl (C=O) groups excluding carboxylic acids is 1. The maximum atomic E-state index is 12.1. The Kier molecular flexibility index (Phi) is 3.87. The minimum absolute atomic E-state index is 0.0234. The molecule has 5 heteroatoms. The molecule has 19 heavy (non-hydrogen) atoms. The van der Waals surface area contributed by atoms with E-state index in [1.807, 2.05) is 6.07 Å². The Balaban J connectivity index is 1.62. The number of fused-ring (bicyclic) bond motifs is 1. The second kappa shape index (κ2) is 5.46. The third-order valence-electron chi connectivity index (χ3n) is 3.88. The Hall–Kier alpha value is -0.520. The highest BCUT2D eigenvalue weighted by Crippen LogP contribution is 2.30. The molecule has 1 saturated heterocycles. The average Bonchev–Trinajstić information content (AvgIpc) is 3.02. The summed E-state index contributed by atoms with van der Waals surface area (Å²) in [4.78, 5) is 14.3.